The lowest BCUT2D eigenvalue weighted by atomic mass is 10.1. The fraction of sp³-hybridized carbons (Fsp3) is 0.625. The molecule has 0 atom stereocenters. The van der Waals surface area contributed by atoms with Gasteiger partial charge in [0.1, 0.15) is 11.3 Å². The lowest BCUT2D eigenvalue weighted by Crippen LogP contribution is -2.40. The minimum Gasteiger partial charge on any atom is -0.451 e. The molecule has 0 unspecified atom stereocenters. The van der Waals surface area contributed by atoms with Crippen molar-refractivity contribution in [1.29, 1.82) is 0 Å². The molecule has 1 aliphatic rings. The predicted molar refractivity (Wildman–Crippen MR) is 82.1 cm³/mol. The first-order chi connectivity index (χ1) is 11.4. The molecule has 0 fully saturated rings. The van der Waals surface area contributed by atoms with Crippen molar-refractivity contribution in [3.05, 3.63) is 23.0 Å². The first-order valence-corrected chi connectivity index (χ1v) is 7.76. The Morgan fingerprint density at radius 2 is 1.88 bits per heavy atom. The Bertz CT molecular complexity index is 674. The van der Waals surface area contributed by atoms with Crippen LogP contribution in [-0.2, 0) is 29.5 Å². The zero-order valence-corrected chi connectivity index (χ0v) is 14.6. The molecule has 0 spiro atoms. The number of halogens is 3. The molecule has 0 saturated heterocycles. The molecule has 1 aliphatic heterocycles. The van der Waals surface area contributed by atoms with E-state index in [4.69, 9.17) is 4.74 Å². The third kappa shape index (κ3) is 4.90. The molecule has 0 N–H and O–H groups in total. The zero-order valence-electron chi connectivity index (χ0n) is 14.6. The Balaban J connectivity index is 2.12. The Morgan fingerprint density at radius 1 is 1.24 bits per heavy atom. The number of esters is 1. The number of alkyl halides is 3. The average Bonchev–Trinajstić information content (AvgIpc) is 2.79. The second kappa shape index (κ2) is 6.61. The molecule has 1 amide bonds. The number of hydrogen-bond acceptors (Lipinski definition) is 4. The Morgan fingerprint density at radius 3 is 2.44 bits per heavy atom. The topological polar surface area (TPSA) is 60.8 Å². The summed E-state index contributed by atoms with van der Waals surface area (Å²) in [7, 11) is 1.56. The van der Waals surface area contributed by atoms with Crippen LogP contribution in [0.15, 0.2) is 6.07 Å². The van der Waals surface area contributed by atoms with Crippen LogP contribution in [0.25, 0.3) is 0 Å². The molecule has 0 aliphatic carbocycles. The molecule has 0 radical (unpaired) electrons. The van der Waals surface area contributed by atoms with Crippen LogP contribution in [0.4, 0.5) is 18.0 Å². The van der Waals surface area contributed by atoms with Gasteiger partial charge in [-0.1, -0.05) is 0 Å². The van der Waals surface area contributed by atoms with E-state index in [-0.39, 0.29) is 12.2 Å². The fourth-order valence-corrected chi connectivity index (χ4v) is 2.54. The van der Waals surface area contributed by atoms with E-state index < -0.39 is 30.4 Å². The Hall–Kier alpha value is -2.19. The fourth-order valence-electron chi connectivity index (χ4n) is 2.54. The summed E-state index contributed by atoms with van der Waals surface area (Å²) in [6, 6.07) is 1.51. The van der Waals surface area contributed by atoms with E-state index >= 15 is 0 Å². The maximum Gasteiger partial charge on any atom is 0.422 e. The molecule has 2 rings (SSSR count). The standard InChI is InChI=1S/C16H21F3N2O4/c1-15(2,3)25-14(23)21-6-5-10-7-11(20(4)12(10)8-21)13(22)24-9-16(17,18)19/h7H,5-6,8-9H2,1-4H3. The highest BCUT2D eigenvalue weighted by atomic mass is 19.4. The largest absolute Gasteiger partial charge is 0.451 e. The number of ether oxygens (including phenoxy) is 2. The first-order valence-electron chi connectivity index (χ1n) is 7.76. The van der Waals surface area contributed by atoms with E-state index in [1.165, 1.54) is 15.5 Å². The number of fused-ring (bicyclic) bond motifs is 1. The number of carbonyl (C=O) groups is 2. The molecule has 140 valence electrons. The maximum atomic E-state index is 12.2. The van der Waals surface area contributed by atoms with Gasteiger partial charge >= 0.3 is 18.2 Å². The predicted octanol–water partition coefficient (Wildman–Crippen LogP) is 3.04. The van der Waals surface area contributed by atoms with Gasteiger partial charge in [0.05, 0.1) is 6.54 Å². The highest BCUT2D eigenvalue weighted by Crippen LogP contribution is 2.25. The van der Waals surface area contributed by atoms with Crippen molar-refractivity contribution in [2.75, 3.05) is 13.2 Å². The van der Waals surface area contributed by atoms with Crippen LogP contribution in [0.2, 0.25) is 0 Å². The van der Waals surface area contributed by atoms with Crippen molar-refractivity contribution in [2.45, 2.75) is 45.5 Å². The molecular weight excluding hydrogens is 341 g/mol. The van der Waals surface area contributed by atoms with Crippen molar-refractivity contribution in [1.82, 2.24) is 9.47 Å². The van der Waals surface area contributed by atoms with Gasteiger partial charge in [0.2, 0.25) is 0 Å². The summed E-state index contributed by atoms with van der Waals surface area (Å²) in [5, 5.41) is 0. The number of nitrogens with zero attached hydrogens (tertiary/aromatic N) is 2. The molecule has 25 heavy (non-hydrogen) atoms. The monoisotopic (exact) mass is 362 g/mol. The third-order valence-corrected chi connectivity index (χ3v) is 3.67. The van der Waals surface area contributed by atoms with E-state index in [0.717, 1.165) is 5.56 Å². The number of carbonyl (C=O) groups excluding carboxylic acids is 2. The van der Waals surface area contributed by atoms with Crippen molar-refractivity contribution >= 4 is 12.1 Å². The Kier molecular flexibility index (Phi) is 5.06. The summed E-state index contributed by atoms with van der Waals surface area (Å²) >= 11 is 0. The molecular formula is C16H21F3N2O4. The van der Waals surface area contributed by atoms with Gasteiger partial charge in [-0.05, 0) is 38.8 Å². The van der Waals surface area contributed by atoms with Gasteiger partial charge < -0.3 is 18.9 Å². The van der Waals surface area contributed by atoms with Crippen LogP contribution < -0.4 is 0 Å². The van der Waals surface area contributed by atoms with E-state index in [1.807, 2.05) is 0 Å². The summed E-state index contributed by atoms with van der Waals surface area (Å²) in [6.07, 6.45) is -4.57. The van der Waals surface area contributed by atoms with Crippen molar-refractivity contribution < 1.29 is 32.2 Å². The number of rotatable bonds is 2. The van der Waals surface area contributed by atoms with E-state index in [1.54, 1.807) is 27.8 Å². The lowest BCUT2D eigenvalue weighted by Gasteiger charge is -2.30. The molecule has 0 bridgehead atoms. The first kappa shape index (κ1) is 19.1. The van der Waals surface area contributed by atoms with Crippen LogP contribution in [0.1, 0.15) is 42.5 Å². The summed E-state index contributed by atoms with van der Waals surface area (Å²) in [5.41, 5.74) is 0.885. The normalized spacial score (nSPS) is 14.9. The molecule has 2 heterocycles. The van der Waals surface area contributed by atoms with Crippen LogP contribution in [0.3, 0.4) is 0 Å². The number of aromatic nitrogens is 1. The molecule has 0 saturated carbocycles. The lowest BCUT2D eigenvalue weighted by molar-refractivity contribution is -0.161. The third-order valence-electron chi connectivity index (χ3n) is 3.67. The summed E-state index contributed by atoms with van der Waals surface area (Å²) in [5.74, 6) is -1.04. The Labute approximate surface area is 143 Å². The van der Waals surface area contributed by atoms with Crippen LogP contribution in [-0.4, -0.2) is 46.5 Å². The van der Waals surface area contributed by atoms with E-state index in [9.17, 15) is 22.8 Å². The van der Waals surface area contributed by atoms with Gasteiger partial charge in [-0.25, -0.2) is 9.59 Å². The van der Waals surface area contributed by atoms with Gasteiger partial charge in [0.15, 0.2) is 6.61 Å². The zero-order chi connectivity index (χ0) is 19.0. The van der Waals surface area contributed by atoms with E-state index in [2.05, 4.69) is 4.74 Å². The average molecular weight is 362 g/mol. The van der Waals surface area contributed by atoms with Crippen LogP contribution in [0, 0.1) is 0 Å². The maximum absolute atomic E-state index is 12.2. The second-order valence-corrected chi connectivity index (χ2v) is 6.90. The number of hydrogen-bond donors (Lipinski definition) is 0. The minimum atomic E-state index is -4.58. The SMILES string of the molecule is Cn1c(C(=O)OCC(F)(F)F)cc2c1CN(C(=O)OC(C)(C)C)CC2. The van der Waals surface area contributed by atoms with Crippen LogP contribution in [0.5, 0.6) is 0 Å². The molecule has 1 aromatic rings. The summed E-state index contributed by atoms with van der Waals surface area (Å²) in [6.45, 7) is 4.27. The molecule has 6 nitrogen and oxygen atoms in total. The van der Waals surface area contributed by atoms with Crippen molar-refractivity contribution in [3.63, 3.8) is 0 Å². The summed E-state index contributed by atoms with van der Waals surface area (Å²) in [4.78, 5) is 25.5. The molecule has 1 aromatic heterocycles. The summed E-state index contributed by atoms with van der Waals surface area (Å²) < 4.78 is 47.7. The number of amides is 1. The highest BCUT2D eigenvalue weighted by molar-refractivity contribution is 5.88. The van der Waals surface area contributed by atoms with Gasteiger partial charge in [-0.3, -0.25) is 0 Å². The second-order valence-electron chi connectivity index (χ2n) is 6.90. The van der Waals surface area contributed by atoms with Crippen molar-refractivity contribution in [3.8, 4) is 0 Å². The highest BCUT2D eigenvalue weighted by Gasteiger charge is 2.32. The van der Waals surface area contributed by atoms with Crippen molar-refractivity contribution in [2.24, 2.45) is 7.05 Å². The minimum absolute atomic E-state index is 0.0280. The smallest absolute Gasteiger partial charge is 0.422 e. The van der Waals surface area contributed by atoms with Gasteiger partial charge in [-0.15, -0.1) is 0 Å². The van der Waals surface area contributed by atoms with Gasteiger partial charge in [0, 0.05) is 19.3 Å². The molecule has 0 aromatic carbocycles. The van der Waals surface area contributed by atoms with E-state index in [0.29, 0.717) is 18.7 Å². The quantitative estimate of drug-likeness (QED) is 0.759. The molecule has 9 heteroatoms. The van der Waals surface area contributed by atoms with Crippen LogP contribution >= 0.6 is 0 Å². The van der Waals surface area contributed by atoms with Gasteiger partial charge in [-0.2, -0.15) is 13.2 Å². The van der Waals surface area contributed by atoms with Gasteiger partial charge in [0.25, 0.3) is 0 Å².